The topological polar surface area (TPSA) is 171 Å². The van der Waals surface area contributed by atoms with Gasteiger partial charge in [-0.3, -0.25) is 34.1 Å². The summed E-state index contributed by atoms with van der Waals surface area (Å²) in [6, 6.07) is 17.3. The molecule has 19 heteroatoms. The van der Waals surface area contributed by atoms with Crippen LogP contribution in [0.25, 0.3) is 22.2 Å². The lowest BCUT2D eigenvalue weighted by Crippen LogP contribution is -2.79. The van der Waals surface area contributed by atoms with Crippen molar-refractivity contribution in [1.29, 1.82) is 0 Å². The normalized spacial score (nSPS) is 22.5. The van der Waals surface area contributed by atoms with Crippen LogP contribution in [0.2, 0.25) is 0 Å². The van der Waals surface area contributed by atoms with E-state index in [2.05, 4.69) is 48.2 Å². The number of aromatic nitrogens is 2. The number of hydrogen-bond acceptors (Lipinski definition) is 10. The SMILES string of the molecule is O=C1CCC(N2Cc3cc(N4CCC(N5CCC56CN(c5ccc(-c7cnc8[nH]cc(C(=O)c9c(F)ccc(NS(=O)(=O)N%10CCC(F)C%10)c9F)c8c7)cc5)C6)CC4)ccc3C2=O)C(=O)N1. The minimum absolute atomic E-state index is 0.00285. The molecule has 5 saturated heterocycles. The van der Waals surface area contributed by atoms with E-state index in [0.29, 0.717) is 41.2 Å². The van der Waals surface area contributed by atoms with Crippen molar-refractivity contribution in [1.82, 2.24) is 29.4 Å². The number of carbonyl (C=O) groups is 4. The Morgan fingerprint density at radius 1 is 0.864 bits per heavy atom. The third-order valence-corrected chi connectivity index (χ3v) is 16.0. The molecular weight excluding hydrogens is 876 g/mol. The molecular formula is C47H46F3N9O6S. The number of imide groups is 1. The van der Waals surface area contributed by atoms with E-state index in [9.17, 15) is 32.0 Å². The predicted molar refractivity (Wildman–Crippen MR) is 239 cm³/mol. The number of nitrogens with zero attached hydrogens (tertiary/aromatic N) is 6. The van der Waals surface area contributed by atoms with E-state index in [0.717, 1.165) is 90.9 Å². The van der Waals surface area contributed by atoms with Gasteiger partial charge in [-0.1, -0.05) is 12.1 Å². The van der Waals surface area contributed by atoms with Gasteiger partial charge in [0, 0.05) is 111 Å². The van der Waals surface area contributed by atoms with Crippen molar-refractivity contribution in [3.63, 3.8) is 0 Å². The number of hydrogen-bond donors (Lipinski definition) is 3. The molecule has 342 valence electrons. The molecule has 3 amide bonds. The Hall–Kier alpha value is -6.31. The van der Waals surface area contributed by atoms with Crippen molar-refractivity contribution in [2.75, 3.05) is 60.3 Å². The first kappa shape index (κ1) is 42.3. The number of fused-ring (bicyclic) bond motifs is 2. The lowest BCUT2D eigenvalue weighted by Gasteiger charge is -2.66. The van der Waals surface area contributed by atoms with Gasteiger partial charge in [-0.05, 0) is 91.8 Å². The second-order valence-corrected chi connectivity index (χ2v) is 20.0. The van der Waals surface area contributed by atoms with Gasteiger partial charge in [0.15, 0.2) is 5.82 Å². The summed E-state index contributed by atoms with van der Waals surface area (Å²) in [5.74, 6) is -4.43. The molecule has 5 fully saturated rings. The predicted octanol–water partition coefficient (Wildman–Crippen LogP) is 5.13. The summed E-state index contributed by atoms with van der Waals surface area (Å²) in [5, 5.41) is 2.70. The number of amides is 3. The molecule has 66 heavy (non-hydrogen) atoms. The number of ketones is 1. The molecule has 2 aromatic heterocycles. The van der Waals surface area contributed by atoms with Crippen LogP contribution < -0.4 is 19.8 Å². The molecule has 0 aliphatic carbocycles. The van der Waals surface area contributed by atoms with E-state index in [1.807, 2.05) is 29.0 Å². The number of rotatable bonds is 10. The monoisotopic (exact) mass is 921 g/mol. The van der Waals surface area contributed by atoms with Gasteiger partial charge in [0.25, 0.3) is 5.91 Å². The van der Waals surface area contributed by atoms with E-state index >= 15 is 8.78 Å². The van der Waals surface area contributed by atoms with Crippen LogP contribution in [0.1, 0.15) is 70.4 Å². The number of H-pyrrole nitrogens is 1. The van der Waals surface area contributed by atoms with Crippen LogP contribution in [-0.4, -0.2) is 126 Å². The van der Waals surface area contributed by atoms with E-state index in [4.69, 9.17) is 0 Å². The fraction of sp³-hybridized carbons (Fsp3) is 0.383. The molecule has 6 aliphatic rings. The number of piperidine rings is 2. The zero-order valence-corrected chi connectivity index (χ0v) is 36.6. The van der Waals surface area contributed by atoms with Gasteiger partial charge in [-0.25, -0.2) is 18.2 Å². The first-order valence-electron chi connectivity index (χ1n) is 22.3. The average Bonchev–Trinajstić information content (AvgIpc) is 4.01. The zero-order valence-electron chi connectivity index (χ0n) is 35.7. The second-order valence-electron chi connectivity index (χ2n) is 18.3. The largest absolute Gasteiger partial charge is 0.371 e. The van der Waals surface area contributed by atoms with Gasteiger partial charge in [-0.2, -0.15) is 12.7 Å². The summed E-state index contributed by atoms with van der Waals surface area (Å²) in [6.07, 6.45) is 5.38. The van der Waals surface area contributed by atoms with Crippen molar-refractivity contribution in [3.8, 4) is 11.1 Å². The Morgan fingerprint density at radius 3 is 2.35 bits per heavy atom. The molecule has 8 heterocycles. The lowest BCUT2D eigenvalue weighted by atomic mass is 9.75. The second kappa shape index (κ2) is 15.9. The Labute approximate surface area is 378 Å². The van der Waals surface area contributed by atoms with Crippen LogP contribution in [0, 0.1) is 11.6 Å². The first-order chi connectivity index (χ1) is 31.7. The number of aromatic amines is 1. The fourth-order valence-corrected chi connectivity index (χ4v) is 12.1. The number of anilines is 3. The van der Waals surface area contributed by atoms with E-state index in [1.54, 1.807) is 17.2 Å². The number of benzene rings is 3. The molecule has 1 spiro atoms. The maximum absolute atomic E-state index is 15.8. The number of carbonyl (C=O) groups excluding carboxylic acids is 4. The Bertz CT molecular complexity index is 2950. The number of likely N-dealkylation sites (tertiary alicyclic amines) is 1. The van der Waals surface area contributed by atoms with Crippen molar-refractivity contribution in [2.45, 2.75) is 68.9 Å². The summed E-state index contributed by atoms with van der Waals surface area (Å²) in [6.45, 7) is 4.59. The molecule has 3 N–H and O–H groups in total. The molecule has 5 aromatic rings. The number of pyridine rings is 1. The molecule has 6 aliphatic heterocycles. The van der Waals surface area contributed by atoms with E-state index in [1.165, 1.54) is 6.20 Å². The van der Waals surface area contributed by atoms with Crippen molar-refractivity contribution >= 4 is 61.8 Å². The molecule has 3 aromatic carbocycles. The minimum Gasteiger partial charge on any atom is -0.371 e. The van der Waals surface area contributed by atoms with E-state index in [-0.39, 0.29) is 48.8 Å². The molecule has 2 atom stereocenters. The number of alkyl halides is 1. The zero-order chi connectivity index (χ0) is 45.6. The molecule has 0 saturated carbocycles. The fourth-order valence-electron chi connectivity index (χ4n) is 10.8. The summed E-state index contributed by atoms with van der Waals surface area (Å²) in [4.78, 5) is 67.6. The highest BCUT2D eigenvalue weighted by Crippen LogP contribution is 2.45. The quantitative estimate of drug-likeness (QED) is 0.126. The summed E-state index contributed by atoms with van der Waals surface area (Å²) >= 11 is 0. The third-order valence-electron chi connectivity index (χ3n) is 14.5. The standard InChI is InChI=1S/C47H46F3N9O6S/c48-30-11-17-57(24-30)66(64,65)54-38-8-7-37(49)41(42(38)50)43(61)36-22-52-44-35(36)20-28(21-51-44)27-1-3-31(4-2-27)56-25-47(26-56)14-18-59(47)32-12-15-55(16-13-32)33-5-6-34-29(19-33)23-58(46(34)63)39-9-10-40(60)53-45(39)62/h1-8,19-22,30,32,39,54H,9-18,23-26H2,(H,51,52)(H,53,60,62). The van der Waals surface area contributed by atoms with Gasteiger partial charge < -0.3 is 19.7 Å². The van der Waals surface area contributed by atoms with Crippen LogP contribution in [0.5, 0.6) is 0 Å². The molecule has 11 rings (SSSR count). The van der Waals surface area contributed by atoms with Crippen LogP contribution in [0.4, 0.5) is 30.2 Å². The van der Waals surface area contributed by atoms with Gasteiger partial charge in [0.2, 0.25) is 17.6 Å². The molecule has 2 unspecified atom stereocenters. The highest BCUT2D eigenvalue weighted by molar-refractivity contribution is 7.90. The van der Waals surface area contributed by atoms with Crippen LogP contribution in [-0.2, 0) is 26.3 Å². The van der Waals surface area contributed by atoms with E-state index < -0.39 is 57.0 Å². The summed E-state index contributed by atoms with van der Waals surface area (Å²) in [5.41, 5.74) is 4.06. The minimum atomic E-state index is -4.36. The number of nitrogens with one attached hydrogen (secondary N) is 3. The highest BCUT2D eigenvalue weighted by atomic mass is 32.2. The lowest BCUT2D eigenvalue weighted by molar-refractivity contribution is -0.136. The van der Waals surface area contributed by atoms with Crippen molar-refractivity contribution in [3.05, 3.63) is 107 Å². The van der Waals surface area contributed by atoms with Gasteiger partial charge in [0.05, 0.1) is 16.8 Å². The van der Waals surface area contributed by atoms with Gasteiger partial charge in [-0.15, -0.1) is 0 Å². The average molecular weight is 922 g/mol. The molecule has 0 bridgehead atoms. The van der Waals surface area contributed by atoms with Gasteiger partial charge >= 0.3 is 10.2 Å². The van der Waals surface area contributed by atoms with Crippen LogP contribution in [0.3, 0.4) is 0 Å². The maximum Gasteiger partial charge on any atom is 0.301 e. The Balaban J connectivity index is 0.716. The van der Waals surface area contributed by atoms with Gasteiger partial charge in [0.1, 0.15) is 23.7 Å². The van der Waals surface area contributed by atoms with Crippen molar-refractivity contribution in [2.24, 2.45) is 0 Å². The summed E-state index contributed by atoms with van der Waals surface area (Å²) < 4.78 is 73.2. The molecule has 0 radical (unpaired) electrons. The maximum atomic E-state index is 15.8. The molecule has 15 nitrogen and oxygen atoms in total. The Kier molecular flexibility index (Phi) is 10.2. The van der Waals surface area contributed by atoms with Crippen LogP contribution >= 0.6 is 0 Å². The van der Waals surface area contributed by atoms with Crippen molar-refractivity contribution < 1.29 is 40.8 Å². The number of halogens is 3. The summed E-state index contributed by atoms with van der Waals surface area (Å²) in [7, 11) is -4.36. The first-order valence-corrected chi connectivity index (χ1v) is 23.8. The smallest absolute Gasteiger partial charge is 0.301 e. The highest BCUT2D eigenvalue weighted by Gasteiger charge is 2.55. The van der Waals surface area contributed by atoms with Crippen LogP contribution in [0.15, 0.2) is 73.1 Å². The Morgan fingerprint density at radius 2 is 1.64 bits per heavy atom. The third kappa shape index (κ3) is 7.18.